The summed E-state index contributed by atoms with van der Waals surface area (Å²) in [5.41, 5.74) is 2.87. The molecule has 7 heteroatoms. The Hall–Kier alpha value is -2.93. The number of nitrogens with one attached hydrogen (secondary N) is 1. The van der Waals surface area contributed by atoms with Crippen molar-refractivity contribution >= 4 is 22.5 Å². The summed E-state index contributed by atoms with van der Waals surface area (Å²) in [6.07, 6.45) is 0. The van der Waals surface area contributed by atoms with Gasteiger partial charge in [0.05, 0.1) is 35.6 Å². The van der Waals surface area contributed by atoms with Gasteiger partial charge < -0.3 is 10.1 Å². The molecule has 2 aromatic carbocycles. The van der Waals surface area contributed by atoms with Gasteiger partial charge in [-0.1, -0.05) is 30.3 Å². The van der Waals surface area contributed by atoms with E-state index >= 15 is 0 Å². The quantitative estimate of drug-likeness (QED) is 0.770. The Labute approximate surface area is 153 Å². The summed E-state index contributed by atoms with van der Waals surface area (Å²) >= 11 is 0. The molecule has 0 bridgehead atoms. The van der Waals surface area contributed by atoms with Gasteiger partial charge in [0.1, 0.15) is 11.6 Å². The number of carbonyl (C=O) groups is 1. The molecule has 0 saturated heterocycles. The third-order valence-corrected chi connectivity index (χ3v) is 5.46. The number of carbonyl (C=O) groups excluding carboxylic acids is 1. The van der Waals surface area contributed by atoms with Crippen molar-refractivity contribution < 1.29 is 13.7 Å². The first-order valence-corrected chi connectivity index (χ1v) is 9.61. The number of aromatic nitrogens is 2. The molecule has 1 N–H and O–H groups in total. The lowest BCUT2D eigenvalue weighted by Gasteiger charge is -2.12. The van der Waals surface area contributed by atoms with Crippen LogP contribution in [-0.2, 0) is 22.3 Å². The summed E-state index contributed by atoms with van der Waals surface area (Å²) < 4.78 is 18.9. The Morgan fingerprint density at radius 3 is 2.62 bits per heavy atom. The van der Waals surface area contributed by atoms with Crippen LogP contribution in [0.3, 0.4) is 0 Å². The van der Waals surface area contributed by atoms with Crippen molar-refractivity contribution in [3.8, 4) is 11.4 Å². The van der Waals surface area contributed by atoms with E-state index in [0.717, 1.165) is 16.9 Å². The first-order chi connectivity index (χ1) is 12.7. The van der Waals surface area contributed by atoms with E-state index < -0.39 is 10.8 Å². The molecule has 1 aromatic heterocycles. The number of hydrogen-bond acceptors (Lipinski definition) is 4. The topological polar surface area (TPSA) is 73.2 Å². The van der Waals surface area contributed by atoms with Crippen LogP contribution in [0.4, 0.5) is 5.82 Å². The van der Waals surface area contributed by atoms with E-state index in [0.29, 0.717) is 28.6 Å². The highest BCUT2D eigenvalue weighted by Gasteiger charge is 2.28. The molecule has 6 nitrogen and oxygen atoms in total. The minimum atomic E-state index is -0.980. The fourth-order valence-electron chi connectivity index (χ4n) is 3.02. The summed E-state index contributed by atoms with van der Waals surface area (Å²) in [6, 6.07) is 16.6. The van der Waals surface area contributed by atoms with E-state index in [1.54, 1.807) is 22.9 Å². The largest absolute Gasteiger partial charge is 0.496 e. The van der Waals surface area contributed by atoms with E-state index in [4.69, 9.17) is 4.74 Å². The summed E-state index contributed by atoms with van der Waals surface area (Å²) in [5, 5.41) is 7.53. The number of ether oxygens (including phenoxy) is 1. The van der Waals surface area contributed by atoms with Gasteiger partial charge in [-0.05, 0) is 24.3 Å². The van der Waals surface area contributed by atoms with Crippen LogP contribution in [0.1, 0.15) is 21.6 Å². The van der Waals surface area contributed by atoms with Crippen LogP contribution in [0.5, 0.6) is 5.75 Å². The SMILES string of the molecule is COc1ccccc1C(=O)Nc1c2c(nn1-c1ccccc1)CS(=O)C2. The highest BCUT2D eigenvalue weighted by molar-refractivity contribution is 7.83. The number of fused-ring (bicyclic) bond motifs is 1. The first-order valence-electron chi connectivity index (χ1n) is 8.13. The molecule has 0 fully saturated rings. The second kappa shape index (κ2) is 6.76. The lowest BCUT2D eigenvalue weighted by Crippen LogP contribution is -2.17. The Kier molecular flexibility index (Phi) is 4.30. The van der Waals surface area contributed by atoms with Gasteiger partial charge in [0, 0.05) is 16.4 Å². The molecule has 4 rings (SSSR count). The van der Waals surface area contributed by atoms with Gasteiger partial charge in [0.2, 0.25) is 0 Å². The zero-order valence-electron chi connectivity index (χ0n) is 14.1. The van der Waals surface area contributed by atoms with E-state index in [1.165, 1.54) is 7.11 Å². The molecule has 1 aliphatic heterocycles. The van der Waals surface area contributed by atoms with Crippen molar-refractivity contribution in [1.29, 1.82) is 0 Å². The molecule has 0 radical (unpaired) electrons. The van der Waals surface area contributed by atoms with Gasteiger partial charge in [-0.25, -0.2) is 4.68 Å². The van der Waals surface area contributed by atoms with Crippen LogP contribution in [0.2, 0.25) is 0 Å². The zero-order chi connectivity index (χ0) is 18.1. The summed E-state index contributed by atoms with van der Waals surface area (Å²) in [6.45, 7) is 0. The molecule has 1 aliphatic rings. The van der Waals surface area contributed by atoms with E-state index in [2.05, 4.69) is 10.4 Å². The average molecular weight is 367 g/mol. The molecule has 0 spiro atoms. The minimum absolute atomic E-state index is 0.292. The molecule has 2 heterocycles. The standard InChI is InChI=1S/C19H17N3O3S/c1-25-17-10-6-5-9-14(17)19(23)20-18-15-11-26(24)12-16(15)21-22(18)13-7-3-2-4-8-13/h2-10H,11-12H2,1H3,(H,20,23). The summed E-state index contributed by atoms with van der Waals surface area (Å²) in [5.74, 6) is 1.57. The number of rotatable bonds is 4. The fourth-order valence-corrected chi connectivity index (χ4v) is 4.28. The Bertz CT molecular complexity index is 999. The van der Waals surface area contributed by atoms with Crippen molar-refractivity contribution in [2.75, 3.05) is 12.4 Å². The minimum Gasteiger partial charge on any atom is -0.496 e. The highest BCUT2D eigenvalue weighted by Crippen LogP contribution is 2.32. The maximum atomic E-state index is 12.8. The van der Waals surface area contributed by atoms with Crippen LogP contribution in [0.25, 0.3) is 5.69 Å². The highest BCUT2D eigenvalue weighted by atomic mass is 32.2. The monoisotopic (exact) mass is 367 g/mol. The van der Waals surface area contributed by atoms with Gasteiger partial charge in [0.25, 0.3) is 5.91 Å². The number of methoxy groups -OCH3 is 1. The smallest absolute Gasteiger partial charge is 0.260 e. The first kappa shape index (κ1) is 16.5. The molecule has 0 saturated carbocycles. The molecular weight excluding hydrogens is 350 g/mol. The maximum Gasteiger partial charge on any atom is 0.260 e. The van der Waals surface area contributed by atoms with Gasteiger partial charge in [-0.15, -0.1) is 0 Å². The van der Waals surface area contributed by atoms with Crippen LogP contribution < -0.4 is 10.1 Å². The average Bonchev–Trinajstić information content (AvgIpc) is 3.19. The van der Waals surface area contributed by atoms with Crippen LogP contribution in [0, 0.1) is 0 Å². The maximum absolute atomic E-state index is 12.8. The van der Waals surface area contributed by atoms with Crippen LogP contribution in [-0.4, -0.2) is 27.0 Å². The summed E-state index contributed by atoms with van der Waals surface area (Å²) in [4.78, 5) is 12.8. The molecular formula is C19H17N3O3S. The number of para-hydroxylation sites is 2. The molecule has 1 unspecified atom stereocenters. The Balaban J connectivity index is 1.76. The van der Waals surface area contributed by atoms with Gasteiger partial charge >= 0.3 is 0 Å². The molecule has 132 valence electrons. The van der Waals surface area contributed by atoms with Gasteiger partial charge in [-0.3, -0.25) is 9.00 Å². The molecule has 3 aromatic rings. The van der Waals surface area contributed by atoms with Crippen molar-refractivity contribution in [2.24, 2.45) is 0 Å². The third-order valence-electron chi connectivity index (χ3n) is 4.25. The van der Waals surface area contributed by atoms with Crippen molar-refractivity contribution in [3.63, 3.8) is 0 Å². The number of anilines is 1. The third kappa shape index (κ3) is 2.90. The number of amides is 1. The second-order valence-corrected chi connectivity index (χ2v) is 7.36. The van der Waals surface area contributed by atoms with Crippen LogP contribution >= 0.6 is 0 Å². The van der Waals surface area contributed by atoms with Crippen molar-refractivity contribution in [2.45, 2.75) is 11.5 Å². The Morgan fingerprint density at radius 1 is 1.12 bits per heavy atom. The van der Waals surface area contributed by atoms with E-state index in [1.807, 2.05) is 36.4 Å². The fraction of sp³-hybridized carbons (Fsp3) is 0.158. The Morgan fingerprint density at radius 2 is 1.85 bits per heavy atom. The predicted molar refractivity (Wildman–Crippen MR) is 100 cm³/mol. The molecule has 0 aliphatic carbocycles. The normalized spacial score (nSPS) is 15.5. The summed E-state index contributed by atoms with van der Waals surface area (Å²) in [7, 11) is 0.549. The lowest BCUT2D eigenvalue weighted by molar-refractivity contribution is 0.102. The van der Waals surface area contributed by atoms with Gasteiger partial charge in [-0.2, -0.15) is 5.10 Å². The molecule has 1 atom stereocenters. The van der Waals surface area contributed by atoms with Crippen molar-refractivity contribution in [1.82, 2.24) is 9.78 Å². The van der Waals surface area contributed by atoms with E-state index in [-0.39, 0.29) is 5.91 Å². The number of hydrogen-bond donors (Lipinski definition) is 1. The lowest BCUT2D eigenvalue weighted by atomic mass is 10.2. The van der Waals surface area contributed by atoms with Crippen molar-refractivity contribution in [3.05, 3.63) is 71.4 Å². The molecule has 1 amide bonds. The second-order valence-electron chi connectivity index (χ2n) is 5.90. The predicted octanol–water partition coefficient (Wildman–Crippen LogP) is 2.90. The zero-order valence-corrected chi connectivity index (χ0v) is 15.0. The number of benzene rings is 2. The number of nitrogens with zero attached hydrogens (tertiary/aromatic N) is 2. The van der Waals surface area contributed by atoms with Crippen LogP contribution in [0.15, 0.2) is 54.6 Å². The van der Waals surface area contributed by atoms with Gasteiger partial charge in [0.15, 0.2) is 0 Å². The molecule has 26 heavy (non-hydrogen) atoms. The van der Waals surface area contributed by atoms with E-state index in [9.17, 15) is 9.00 Å².